The Balaban J connectivity index is 1.62. The van der Waals surface area contributed by atoms with E-state index in [2.05, 4.69) is 35.2 Å². The SMILES string of the molecule is COc1cccc(C(C)NC2CCC(c3cccc(NS(C)(=O)=O)c3)C2)c1. The van der Waals surface area contributed by atoms with Crippen molar-refractivity contribution in [3.63, 3.8) is 0 Å². The largest absolute Gasteiger partial charge is 0.497 e. The third-order valence-corrected chi connectivity index (χ3v) is 5.78. The van der Waals surface area contributed by atoms with Crippen molar-refractivity contribution in [2.45, 2.75) is 44.2 Å². The molecule has 2 aromatic rings. The van der Waals surface area contributed by atoms with E-state index in [4.69, 9.17) is 4.74 Å². The summed E-state index contributed by atoms with van der Waals surface area (Å²) >= 11 is 0. The van der Waals surface area contributed by atoms with Gasteiger partial charge in [-0.1, -0.05) is 24.3 Å². The lowest BCUT2D eigenvalue weighted by Gasteiger charge is -2.21. The summed E-state index contributed by atoms with van der Waals surface area (Å²) in [5, 5.41) is 3.73. The summed E-state index contributed by atoms with van der Waals surface area (Å²) in [5.74, 6) is 1.32. The van der Waals surface area contributed by atoms with Crippen LogP contribution in [-0.4, -0.2) is 27.8 Å². The Morgan fingerprint density at radius 3 is 2.63 bits per heavy atom. The number of sulfonamides is 1. The summed E-state index contributed by atoms with van der Waals surface area (Å²) in [7, 11) is -1.57. The molecular formula is C21H28N2O3S. The van der Waals surface area contributed by atoms with Crippen molar-refractivity contribution in [3.05, 3.63) is 59.7 Å². The number of anilines is 1. The molecule has 2 aromatic carbocycles. The molecule has 0 bridgehead atoms. The minimum atomic E-state index is -3.25. The fourth-order valence-corrected chi connectivity index (χ4v) is 4.42. The first kappa shape index (κ1) is 19.7. The molecule has 1 aliphatic carbocycles. The van der Waals surface area contributed by atoms with Gasteiger partial charge in [0.1, 0.15) is 5.75 Å². The maximum absolute atomic E-state index is 11.5. The highest BCUT2D eigenvalue weighted by Gasteiger charge is 2.27. The predicted octanol–water partition coefficient (Wildman–Crippen LogP) is 4.05. The standard InChI is InChI=1S/C21H28N2O3S/c1-15(16-6-5-9-21(14-16)26-2)22-19-11-10-18(12-19)17-7-4-8-20(13-17)23-27(3,24)25/h4-9,13-15,18-19,22-23H,10-12H2,1-3H3. The van der Waals surface area contributed by atoms with E-state index in [1.165, 1.54) is 17.4 Å². The number of methoxy groups -OCH3 is 1. The van der Waals surface area contributed by atoms with Crippen molar-refractivity contribution in [2.75, 3.05) is 18.1 Å². The number of ether oxygens (including phenoxy) is 1. The zero-order chi connectivity index (χ0) is 19.4. The maximum atomic E-state index is 11.5. The van der Waals surface area contributed by atoms with E-state index >= 15 is 0 Å². The van der Waals surface area contributed by atoms with Crippen molar-refractivity contribution in [1.29, 1.82) is 0 Å². The van der Waals surface area contributed by atoms with Gasteiger partial charge in [0.2, 0.25) is 10.0 Å². The molecule has 0 spiro atoms. The zero-order valence-corrected chi connectivity index (χ0v) is 16.9. The highest BCUT2D eigenvalue weighted by Crippen LogP contribution is 2.36. The second-order valence-corrected chi connectivity index (χ2v) is 9.12. The number of benzene rings is 2. The second kappa shape index (κ2) is 8.31. The maximum Gasteiger partial charge on any atom is 0.229 e. The van der Waals surface area contributed by atoms with Gasteiger partial charge in [-0.15, -0.1) is 0 Å². The Labute approximate surface area is 162 Å². The van der Waals surface area contributed by atoms with E-state index in [0.29, 0.717) is 17.6 Å². The van der Waals surface area contributed by atoms with Crippen LogP contribution in [0.25, 0.3) is 0 Å². The van der Waals surface area contributed by atoms with Crippen LogP contribution >= 0.6 is 0 Å². The van der Waals surface area contributed by atoms with Gasteiger partial charge in [-0.2, -0.15) is 0 Å². The lowest BCUT2D eigenvalue weighted by molar-refractivity contribution is 0.411. The summed E-state index contributed by atoms with van der Waals surface area (Å²) in [4.78, 5) is 0. The first-order valence-corrected chi connectivity index (χ1v) is 11.2. The number of hydrogen-bond acceptors (Lipinski definition) is 4. The first-order valence-electron chi connectivity index (χ1n) is 9.32. The van der Waals surface area contributed by atoms with Crippen LogP contribution in [0.5, 0.6) is 5.75 Å². The highest BCUT2D eigenvalue weighted by molar-refractivity contribution is 7.92. The number of nitrogens with one attached hydrogen (secondary N) is 2. The third kappa shape index (κ3) is 5.47. The van der Waals surface area contributed by atoms with Gasteiger partial charge in [0.05, 0.1) is 13.4 Å². The van der Waals surface area contributed by atoms with E-state index in [-0.39, 0.29) is 6.04 Å². The van der Waals surface area contributed by atoms with Gasteiger partial charge in [0, 0.05) is 17.8 Å². The lowest BCUT2D eigenvalue weighted by atomic mass is 9.97. The molecule has 3 rings (SSSR count). The van der Waals surface area contributed by atoms with E-state index in [1.54, 1.807) is 13.2 Å². The van der Waals surface area contributed by atoms with Gasteiger partial charge in [0.15, 0.2) is 0 Å². The van der Waals surface area contributed by atoms with Crippen LogP contribution in [0.2, 0.25) is 0 Å². The van der Waals surface area contributed by atoms with E-state index in [9.17, 15) is 8.42 Å². The van der Waals surface area contributed by atoms with Crippen molar-refractivity contribution in [3.8, 4) is 5.75 Å². The van der Waals surface area contributed by atoms with Gasteiger partial charge in [0.25, 0.3) is 0 Å². The van der Waals surface area contributed by atoms with E-state index in [0.717, 1.165) is 25.0 Å². The molecule has 3 unspecified atom stereocenters. The molecule has 0 aromatic heterocycles. The predicted molar refractivity (Wildman–Crippen MR) is 110 cm³/mol. The lowest BCUT2D eigenvalue weighted by Crippen LogP contribution is -2.29. The van der Waals surface area contributed by atoms with Crippen LogP contribution in [0.3, 0.4) is 0 Å². The van der Waals surface area contributed by atoms with Crippen LogP contribution in [-0.2, 0) is 10.0 Å². The minimum Gasteiger partial charge on any atom is -0.497 e. The van der Waals surface area contributed by atoms with Crippen LogP contribution in [0.4, 0.5) is 5.69 Å². The molecule has 146 valence electrons. The average Bonchev–Trinajstić information content (AvgIpc) is 3.09. The average molecular weight is 389 g/mol. The fourth-order valence-electron chi connectivity index (χ4n) is 3.87. The summed E-state index contributed by atoms with van der Waals surface area (Å²) in [5.41, 5.74) is 3.05. The van der Waals surface area contributed by atoms with Gasteiger partial charge in [-0.05, 0) is 67.5 Å². The highest BCUT2D eigenvalue weighted by atomic mass is 32.2. The second-order valence-electron chi connectivity index (χ2n) is 7.37. The summed E-state index contributed by atoms with van der Waals surface area (Å²) in [6.45, 7) is 2.18. The molecule has 5 nitrogen and oxygen atoms in total. The Hall–Kier alpha value is -2.05. The first-order chi connectivity index (χ1) is 12.8. The Morgan fingerprint density at radius 1 is 1.11 bits per heavy atom. The molecule has 1 fully saturated rings. The Morgan fingerprint density at radius 2 is 1.89 bits per heavy atom. The monoisotopic (exact) mass is 388 g/mol. The van der Waals surface area contributed by atoms with Crippen LogP contribution < -0.4 is 14.8 Å². The normalized spacial score (nSPS) is 21.0. The third-order valence-electron chi connectivity index (χ3n) is 5.17. The molecule has 0 radical (unpaired) electrons. The molecule has 2 N–H and O–H groups in total. The molecule has 0 heterocycles. The van der Waals surface area contributed by atoms with Gasteiger partial charge in [-0.25, -0.2) is 8.42 Å². The fraction of sp³-hybridized carbons (Fsp3) is 0.429. The molecular weight excluding hydrogens is 360 g/mol. The Kier molecular flexibility index (Phi) is 6.07. The van der Waals surface area contributed by atoms with Crippen molar-refractivity contribution >= 4 is 15.7 Å². The quantitative estimate of drug-likeness (QED) is 0.751. The van der Waals surface area contributed by atoms with Crippen molar-refractivity contribution < 1.29 is 13.2 Å². The van der Waals surface area contributed by atoms with Gasteiger partial charge in [-0.3, -0.25) is 4.72 Å². The van der Waals surface area contributed by atoms with Gasteiger partial charge < -0.3 is 10.1 Å². The number of hydrogen-bond donors (Lipinski definition) is 2. The zero-order valence-electron chi connectivity index (χ0n) is 16.1. The molecule has 1 aliphatic rings. The molecule has 27 heavy (non-hydrogen) atoms. The van der Waals surface area contributed by atoms with Crippen molar-refractivity contribution in [1.82, 2.24) is 5.32 Å². The van der Waals surface area contributed by atoms with E-state index < -0.39 is 10.0 Å². The van der Waals surface area contributed by atoms with E-state index in [1.807, 2.05) is 24.3 Å². The minimum absolute atomic E-state index is 0.252. The van der Waals surface area contributed by atoms with Crippen LogP contribution in [0.1, 0.15) is 49.3 Å². The summed E-state index contributed by atoms with van der Waals surface area (Å²) in [6, 6.07) is 16.6. The summed E-state index contributed by atoms with van der Waals surface area (Å²) in [6.07, 6.45) is 4.44. The number of rotatable bonds is 7. The molecule has 0 aliphatic heterocycles. The van der Waals surface area contributed by atoms with Crippen molar-refractivity contribution in [2.24, 2.45) is 0 Å². The van der Waals surface area contributed by atoms with Crippen LogP contribution in [0, 0.1) is 0 Å². The molecule has 1 saturated carbocycles. The molecule has 6 heteroatoms. The topological polar surface area (TPSA) is 67.4 Å². The molecule has 3 atom stereocenters. The van der Waals surface area contributed by atoms with Crippen LogP contribution in [0.15, 0.2) is 48.5 Å². The Bertz CT molecular complexity index is 883. The smallest absolute Gasteiger partial charge is 0.229 e. The molecule has 0 saturated heterocycles. The van der Waals surface area contributed by atoms with Gasteiger partial charge >= 0.3 is 0 Å². The summed E-state index contributed by atoms with van der Waals surface area (Å²) < 4.78 is 30.8. The molecule has 0 amide bonds.